The van der Waals surface area contributed by atoms with Crippen LogP contribution >= 0.6 is 0 Å². The van der Waals surface area contributed by atoms with E-state index in [1.165, 1.54) is 29.9 Å². The summed E-state index contributed by atoms with van der Waals surface area (Å²) < 4.78 is 29.8. The smallest absolute Gasteiger partial charge is 0.255 e. The van der Waals surface area contributed by atoms with Crippen LogP contribution in [0.4, 0.5) is 14.6 Å². The number of Topliss-reactive ketones (excluding diaryl/α,β-unsaturated/α-hetero) is 1. The van der Waals surface area contributed by atoms with Crippen LogP contribution in [0.15, 0.2) is 42.7 Å². The van der Waals surface area contributed by atoms with Gasteiger partial charge in [-0.15, -0.1) is 0 Å². The summed E-state index contributed by atoms with van der Waals surface area (Å²) in [4.78, 5) is 28.5. The number of anilines is 1. The molecule has 7 nitrogen and oxygen atoms in total. The number of aromatic nitrogens is 3. The van der Waals surface area contributed by atoms with E-state index >= 15 is 0 Å². The second-order valence-corrected chi connectivity index (χ2v) is 7.65. The van der Waals surface area contributed by atoms with Gasteiger partial charge in [0.2, 0.25) is 0 Å². The monoisotopic (exact) mass is 441 g/mol. The Balaban J connectivity index is 1.85. The summed E-state index contributed by atoms with van der Waals surface area (Å²) in [5, 5.41) is 9.76. The zero-order valence-corrected chi connectivity index (χ0v) is 18.2. The summed E-state index contributed by atoms with van der Waals surface area (Å²) >= 11 is 0. The van der Waals surface area contributed by atoms with E-state index < -0.39 is 11.7 Å². The Labute approximate surface area is 184 Å². The van der Waals surface area contributed by atoms with Crippen molar-refractivity contribution < 1.29 is 18.4 Å². The molecule has 168 valence electrons. The normalized spacial score (nSPS) is 11.8. The summed E-state index contributed by atoms with van der Waals surface area (Å²) in [7, 11) is 1.71. The quantitative estimate of drug-likeness (QED) is 0.532. The van der Waals surface area contributed by atoms with Gasteiger partial charge in [0.1, 0.15) is 23.1 Å². The Morgan fingerprint density at radius 2 is 2.00 bits per heavy atom. The zero-order valence-electron chi connectivity index (χ0n) is 18.2. The van der Waals surface area contributed by atoms with Crippen LogP contribution in [0, 0.1) is 17.6 Å². The van der Waals surface area contributed by atoms with E-state index in [0.29, 0.717) is 18.5 Å². The first-order valence-corrected chi connectivity index (χ1v) is 10.2. The van der Waals surface area contributed by atoms with Gasteiger partial charge in [-0.25, -0.2) is 13.8 Å². The molecule has 2 heterocycles. The molecule has 3 rings (SSSR count). The van der Waals surface area contributed by atoms with E-state index in [9.17, 15) is 18.4 Å². The van der Waals surface area contributed by atoms with Gasteiger partial charge in [0.15, 0.2) is 5.82 Å². The number of benzene rings is 1. The number of nitrogens with one attached hydrogen (secondary N) is 2. The zero-order chi connectivity index (χ0) is 23.3. The molecule has 2 N–H and O–H groups in total. The van der Waals surface area contributed by atoms with Crippen molar-refractivity contribution in [2.24, 2.45) is 13.0 Å². The molecule has 0 aliphatic heterocycles. The average Bonchev–Trinajstić information content (AvgIpc) is 3.18. The van der Waals surface area contributed by atoms with E-state index in [2.05, 4.69) is 20.7 Å². The molecule has 0 aliphatic carbocycles. The number of rotatable bonds is 9. The fourth-order valence-electron chi connectivity index (χ4n) is 3.05. The Bertz CT molecular complexity index is 1130. The summed E-state index contributed by atoms with van der Waals surface area (Å²) in [5.41, 5.74) is 1.31. The molecule has 0 saturated carbocycles. The maximum absolute atomic E-state index is 14.8. The number of halogens is 2. The molecular formula is C23H25F2N5O2. The van der Waals surface area contributed by atoms with Crippen molar-refractivity contribution in [3.8, 4) is 11.3 Å². The molecule has 2 aromatic heterocycles. The highest BCUT2D eigenvalue weighted by atomic mass is 19.1. The molecule has 32 heavy (non-hydrogen) atoms. The van der Waals surface area contributed by atoms with Crippen LogP contribution in [0.25, 0.3) is 11.3 Å². The van der Waals surface area contributed by atoms with Gasteiger partial charge in [-0.05, 0) is 37.1 Å². The molecule has 0 spiro atoms. The molecule has 0 saturated heterocycles. The lowest BCUT2D eigenvalue weighted by Crippen LogP contribution is -2.31. The molecule has 1 atom stereocenters. The van der Waals surface area contributed by atoms with E-state index in [0.717, 1.165) is 11.6 Å². The largest absolute Gasteiger partial charge is 0.369 e. The molecular weight excluding hydrogens is 416 g/mol. The molecule has 0 unspecified atom stereocenters. The number of carbonyl (C=O) groups excluding carboxylic acids is 2. The topological polar surface area (TPSA) is 88.9 Å². The first-order valence-electron chi connectivity index (χ1n) is 10.2. The predicted molar refractivity (Wildman–Crippen MR) is 117 cm³/mol. The number of pyridine rings is 1. The number of amides is 1. The van der Waals surface area contributed by atoms with Gasteiger partial charge in [0.25, 0.3) is 5.91 Å². The van der Waals surface area contributed by atoms with Crippen molar-refractivity contribution in [3.63, 3.8) is 0 Å². The van der Waals surface area contributed by atoms with E-state index in [1.807, 2.05) is 0 Å². The van der Waals surface area contributed by atoms with Gasteiger partial charge in [-0.1, -0.05) is 19.1 Å². The summed E-state index contributed by atoms with van der Waals surface area (Å²) in [6, 6.07) is 7.32. The maximum atomic E-state index is 14.8. The Morgan fingerprint density at radius 3 is 2.66 bits per heavy atom. The number of nitrogens with zero attached hydrogens (tertiary/aromatic N) is 3. The van der Waals surface area contributed by atoms with Gasteiger partial charge in [0.05, 0.1) is 11.8 Å². The Kier molecular flexibility index (Phi) is 7.29. The van der Waals surface area contributed by atoms with Crippen molar-refractivity contribution >= 4 is 17.5 Å². The lowest BCUT2D eigenvalue weighted by molar-refractivity contribution is -0.120. The van der Waals surface area contributed by atoms with Gasteiger partial charge in [-0.3, -0.25) is 14.3 Å². The molecule has 0 fully saturated rings. The van der Waals surface area contributed by atoms with Gasteiger partial charge in [-0.2, -0.15) is 5.10 Å². The number of hydrogen-bond donors (Lipinski definition) is 2. The highest BCUT2D eigenvalue weighted by molar-refractivity contribution is 5.99. The second kappa shape index (κ2) is 10.1. The van der Waals surface area contributed by atoms with Crippen LogP contribution in [0.3, 0.4) is 0 Å². The Morgan fingerprint density at radius 1 is 1.22 bits per heavy atom. The third-order valence-electron chi connectivity index (χ3n) is 5.06. The van der Waals surface area contributed by atoms with E-state index in [-0.39, 0.29) is 41.1 Å². The first kappa shape index (κ1) is 23.1. The van der Waals surface area contributed by atoms with E-state index in [4.69, 9.17) is 0 Å². The lowest BCUT2D eigenvalue weighted by Gasteiger charge is -2.15. The minimum absolute atomic E-state index is 0.0186. The minimum atomic E-state index is -0.668. The summed E-state index contributed by atoms with van der Waals surface area (Å²) in [6.07, 6.45) is 3.58. The number of aryl methyl sites for hydroxylation is 1. The van der Waals surface area contributed by atoms with Crippen LogP contribution in [-0.2, 0) is 18.3 Å². The second-order valence-electron chi connectivity index (χ2n) is 7.65. The Hall–Kier alpha value is -3.62. The highest BCUT2D eigenvalue weighted by Gasteiger charge is 2.20. The molecule has 1 aromatic carbocycles. The van der Waals surface area contributed by atoms with Crippen molar-refractivity contribution in [3.05, 3.63) is 65.5 Å². The fraction of sp³-hybridized carbons (Fsp3) is 0.304. The fourth-order valence-corrected chi connectivity index (χ4v) is 3.05. The number of carbonyl (C=O) groups is 2. The van der Waals surface area contributed by atoms with Crippen molar-refractivity contribution in [1.29, 1.82) is 0 Å². The minimum Gasteiger partial charge on any atom is -0.369 e. The summed E-state index contributed by atoms with van der Waals surface area (Å²) in [5.74, 6) is -1.78. The maximum Gasteiger partial charge on any atom is 0.255 e. The number of ketones is 1. The van der Waals surface area contributed by atoms with Crippen molar-refractivity contribution in [2.45, 2.75) is 20.3 Å². The number of hydrogen-bond acceptors (Lipinski definition) is 5. The third-order valence-corrected chi connectivity index (χ3v) is 5.06. The molecule has 9 heteroatoms. The highest BCUT2D eigenvalue weighted by Crippen LogP contribution is 2.25. The van der Waals surface area contributed by atoms with Gasteiger partial charge < -0.3 is 10.6 Å². The van der Waals surface area contributed by atoms with Gasteiger partial charge >= 0.3 is 0 Å². The molecule has 0 radical (unpaired) electrons. The lowest BCUT2D eigenvalue weighted by atomic mass is 10.1. The third kappa shape index (κ3) is 5.75. The molecule has 1 amide bonds. The van der Waals surface area contributed by atoms with Crippen LogP contribution in [0.5, 0.6) is 0 Å². The van der Waals surface area contributed by atoms with Crippen LogP contribution < -0.4 is 10.6 Å². The molecule has 0 bridgehead atoms. The first-order chi connectivity index (χ1) is 15.2. The molecule has 0 aliphatic rings. The molecule has 3 aromatic rings. The van der Waals surface area contributed by atoms with Crippen LogP contribution in [-0.4, -0.2) is 39.5 Å². The predicted octanol–water partition coefficient (Wildman–Crippen LogP) is 3.37. The van der Waals surface area contributed by atoms with E-state index in [1.54, 1.807) is 32.3 Å². The summed E-state index contributed by atoms with van der Waals surface area (Å²) in [6.45, 7) is 3.62. The van der Waals surface area contributed by atoms with Gasteiger partial charge in [0, 0.05) is 37.8 Å². The standard InChI is InChI=1S/C23H25F2N5O2/c1-14(15(2)31)11-27-23(32)19-10-20(25)21(17-12-28-30(3)13-17)29-22(19)26-8-7-16-5-4-6-18(24)9-16/h4-6,9-10,12-14H,7-8,11H2,1-3H3,(H,26,29)(H,27,32)/t14-/m1/s1. The van der Waals surface area contributed by atoms with Crippen LogP contribution in [0.2, 0.25) is 0 Å². The SMILES string of the molecule is CC(=O)[C@H](C)CNC(=O)c1cc(F)c(-c2cnn(C)c2)nc1NCCc1cccc(F)c1. The average molecular weight is 441 g/mol. The van der Waals surface area contributed by atoms with Crippen LogP contribution in [0.1, 0.15) is 29.8 Å². The van der Waals surface area contributed by atoms with Crippen molar-refractivity contribution in [2.75, 3.05) is 18.4 Å². The van der Waals surface area contributed by atoms with Crippen molar-refractivity contribution in [1.82, 2.24) is 20.1 Å².